The first-order valence-corrected chi connectivity index (χ1v) is 10.5. The highest BCUT2D eigenvalue weighted by Crippen LogP contribution is 2.26. The van der Waals surface area contributed by atoms with Gasteiger partial charge in [-0.2, -0.15) is 0 Å². The number of nitrogens with one attached hydrogen (secondary N) is 1. The van der Waals surface area contributed by atoms with Crippen LogP contribution in [0.5, 0.6) is 0 Å². The van der Waals surface area contributed by atoms with Crippen LogP contribution in [0.3, 0.4) is 0 Å². The van der Waals surface area contributed by atoms with Gasteiger partial charge in [0.2, 0.25) is 0 Å². The Morgan fingerprint density at radius 2 is 1.79 bits per heavy atom. The monoisotopic (exact) mass is 395 g/mol. The van der Waals surface area contributed by atoms with Gasteiger partial charge in [0.15, 0.2) is 5.43 Å². The lowest BCUT2D eigenvalue weighted by atomic mass is 9.96. The number of hydrogen-bond acceptors (Lipinski definition) is 3. The molecule has 0 fully saturated rings. The standard InChI is InChI=1S/C25H33NO3/c1-7-11-18-14-19(9-3)24(20(10-4)15-18)26-25(28)23-21(27)13-17(6)29-22(23)12-16(5)8-2/h7,13-16H,1,8-12H2,2-6H3,(H,26,28). The highest BCUT2D eigenvalue weighted by molar-refractivity contribution is 6.05. The first kappa shape index (κ1) is 22.7. The van der Waals surface area contributed by atoms with Gasteiger partial charge in [-0.1, -0.05) is 52.3 Å². The second-order valence-electron chi connectivity index (χ2n) is 7.68. The summed E-state index contributed by atoms with van der Waals surface area (Å²) >= 11 is 0. The fraction of sp³-hybridized carbons (Fsp3) is 0.440. The Labute approximate surface area is 174 Å². The Morgan fingerprint density at radius 1 is 1.17 bits per heavy atom. The molecule has 1 atom stereocenters. The minimum absolute atomic E-state index is 0.121. The molecule has 1 N–H and O–H groups in total. The van der Waals surface area contributed by atoms with E-state index in [2.05, 4.69) is 51.7 Å². The molecule has 0 saturated heterocycles. The van der Waals surface area contributed by atoms with Gasteiger partial charge in [-0.25, -0.2) is 0 Å². The molecule has 29 heavy (non-hydrogen) atoms. The van der Waals surface area contributed by atoms with Gasteiger partial charge in [-0.05, 0) is 48.8 Å². The van der Waals surface area contributed by atoms with E-state index in [1.54, 1.807) is 6.92 Å². The molecule has 1 unspecified atom stereocenters. The zero-order chi connectivity index (χ0) is 21.6. The molecule has 0 saturated carbocycles. The van der Waals surface area contributed by atoms with Crippen molar-refractivity contribution in [3.8, 4) is 0 Å². The molecule has 1 heterocycles. The van der Waals surface area contributed by atoms with E-state index in [9.17, 15) is 9.59 Å². The van der Waals surface area contributed by atoms with Crippen LogP contribution in [0.1, 0.15) is 72.7 Å². The summed E-state index contributed by atoms with van der Waals surface area (Å²) in [6.45, 7) is 13.9. The number of allylic oxidation sites excluding steroid dienone is 1. The Hall–Kier alpha value is -2.62. The normalized spacial score (nSPS) is 11.9. The number of rotatable bonds is 9. The lowest BCUT2D eigenvalue weighted by molar-refractivity contribution is 0.102. The van der Waals surface area contributed by atoms with Crippen molar-refractivity contribution < 1.29 is 9.21 Å². The summed E-state index contributed by atoms with van der Waals surface area (Å²) in [7, 11) is 0. The predicted octanol–water partition coefficient (Wildman–Crippen LogP) is 5.64. The number of carbonyl (C=O) groups excluding carboxylic acids is 1. The van der Waals surface area contributed by atoms with Crippen LogP contribution in [0.4, 0.5) is 5.69 Å². The van der Waals surface area contributed by atoms with Gasteiger partial charge >= 0.3 is 0 Å². The zero-order valence-corrected chi connectivity index (χ0v) is 18.4. The van der Waals surface area contributed by atoms with Crippen molar-refractivity contribution in [3.05, 3.63) is 74.9 Å². The summed E-state index contributed by atoms with van der Waals surface area (Å²) < 4.78 is 5.81. The lowest BCUT2D eigenvalue weighted by Gasteiger charge is -2.18. The van der Waals surface area contributed by atoms with Crippen LogP contribution in [-0.4, -0.2) is 5.91 Å². The van der Waals surface area contributed by atoms with E-state index in [4.69, 9.17) is 4.42 Å². The van der Waals surface area contributed by atoms with E-state index in [0.717, 1.165) is 42.5 Å². The molecule has 4 nitrogen and oxygen atoms in total. The van der Waals surface area contributed by atoms with E-state index in [-0.39, 0.29) is 11.0 Å². The molecule has 2 aromatic rings. The van der Waals surface area contributed by atoms with E-state index in [1.807, 2.05) is 6.08 Å². The Bertz CT molecular complexity index is 915. The number of carbonyl (C=O) groups is 1. The number of hydrogen-bond donors (Lipinski definition) is 1. The molecule has 0 aliphatic rings. The van der Waals surface area contributed by atoms with Crippen LogP contribution in [0, 0.1) is 12.8 Å². The molecule has 0 aliphatic carbocycles. The van der Waals surface area contributed by atoms with Crippen LogP contribution < -0.4 is 10.7 Å². The van der Waals surface area contributed by atoms with Crippen molar-refractivity contribution in [2.75, 3.05) is 5.32 Å². The second-order valence-corrected chi connectivity index (χ2v) is 7.68. The van der Waals surface area contributed by atoms with Gasteiger partial charge < -0.3 is 9.73 Å². The van der Waals surface area contributed by atoms with Gasteiger partial charge in [0.1, 0.15) is 17.1 Å². The van der Waals surface area contributed by atoms with Gasteiger partial charge in [0, 0.05) is 18.2 Å². The number of aryl methyl sites for hydroxylation is 3. The minimum Gasteiger partial charge on any atom is -0.465 e. The van der Waals surface area contributed by atoms with Crippen molar-refractivity contribution in [2.45, 2.75) is 66.7 Å². The number of amides is 1. The predicted molar refractivity (Wildman–Crippen MR) is 120 cm³/mol. The summed E-state index contributed by atoms with van der Waals surface area (Å²) in [6, 6.07) is 5.60. The topological polar surface area (TPSA) is 59.3 Å². The van der Waals surface area contributed by atoms with Crippen molar-refractivity contribution in [2.24, 2.45) is 5.92 Å². The first-order valence-electron chi connectivity index (χ1n) is 10.5. The van der Waals surface area contributed by atoms with Gasteiger partial charge in [0.05, 0.1) is 0 Å². The molecule has 1 aromatic heterocycles. The molecule has 2 rings (SSSR count). The molecule has 156 valence electrons. The van der Waals surface area contributed by atoms with Crippen LogP contribution >= 0.6 is 0 Å². The minimum atomic E-state index is -0.391. The number of benzene rings is 1. The van der Waals surface area contributed by atoms with Crippen LogP contribution in [0.25, 0.3) is 0 Å². The zero-order valence-electron chi connectivity index (χ0n) is 18.4. The first-order chi connectivity index (χ1) is 13.8. The van der Waals surface area contributed by atoms with Gasteiger partial charge in [-0.15, -0.1) is 6.58 Å². The maximum atomic E-state index is 13.2. The second kappa shape index (κ2) is 10.2. The molecule has 0 radical (unpaired) electrons. The molecule has 4 heteroatoms. The molecular weight excluding hydrogens is 362 g/mol. The van der Waals surface area contributed by atoms with E-state index < -0.39 is 5.91 Å². The van der Waals surface area contributed by atoms with Crippen LogP contribution in [-0.2, 0) is 25.7 Å². The van der Waals surface area contributed by atoms with Crippen molar-refractivity contribution in [1.82, 2.24) is 0 Å². The summed E-state index contributed by atoms with van der Waals surface area (Å²) in [5, 5.41) is 3.03. The van der Waals surface area contributed by atoms with Crippen LogP contribution in [0.2, 0.25) is 0 Å². The largest absolute Gasteiger partial charge is 0.465 e. The van der Waals surface area contributed by atoms with E-state index in [1.165, 1.54) is 11.6 Å². The third kappa shape index (κ3) is 5.47. The van der Waals surface area contributed by atoms with Gasteiger partial charge in [0.25, 0.3) is 5.91 Å². The fourth-order valence-electron chi connectivity index (χ4n) is 3.53. The summed E-state index contributed by atoms with van der Waals surface area (Å²) in [6.07, 6.45) is 5.75. The summed E-state index contributed by atoms with van der Waals surface area (Å²) in [5.74, 6) is 0.934. The lowest BCUT2D eigenvalue weighted by Crippen LogP contribution is -2.25. The highest BCUT2D eigenvalue weighted by Gasteiger charge is 2.22. The third-order valence-corrected chi connectivity index (χ3v) is 5.34. The molecule has 0 spiro atoms. The van der Waals surface area contributed by atoms with Crippen LogP contribution in [0.15, 0.2) is 40.1 Å². The maximum Gasteiger partial charge on any atom is 0.263 e. The van der Waals surface area contributed by atoms with Crippen molar-refractivity contribution in [1.29, 1.82) is 0 Å². The average molecular weight is 396 g/mol. The van der Waals surface area contributed by atoms with Crippen molar-refractivity contribution in [3.63, 3.8) is 0 Å². The molecular formula is C25H33NO3. The van der Waals surface area contributed by atoms with E-state index in [0.29, 0.717) is 23.9 Å². The SMILES string of the molecule is C=CCc1cc(CC)c(NC(=O)c2c(CC(C)CC)oc(C)cc2=O)c(CC)c1. The fourth-order valence-corrected chi connectivity index (χ4v) is 3.53. The van der Waals surface area contributed by atoms with E-state index >= 15 is 0 Å². The van der Waals surface area contributed by atoms with Gasteiger partial charge in [-0.3, -0.25) is 9.59 Å². The Balaban J connectivity index is 2.50. The molecule has 1 amide bonds. The average Bonchev–Trinajstić information content (AvgIpc) is 2.68. The molecule has 1 aromatic carbocycles. The molecule has 0 bridgehead atoms. The maximum absolute atomic E-state index is 13.2. The Kier molecular flexibility index (Phi) is 8.00. The summed E-state index contributed by atoms with van der Waals surface area (Å²) in [5.41, 5.74) is 3.95. The number of anilines is 1. The third-order valence-electron chi connectivity index (χ3n) is 5.34. The smallest absolute Gasteiger partial charge is 0.263 e. The molecule has 0 aliphatic heterocycles. The highest BCUT2D eigenvalue weighted by atomic mass is 16.3. The Morgan fingerprint density at radius 3 is 2.31 bits per heavy atom. The quantitative estimate of drug-likeness (QED) is 0.559. The summed E-state index contributed by atoms with van der Waals surface area (Å²) in [4.78, 5) is 25.9. The van der Waals surface area contributed by atoms with Crippen molar-refractivity contribution >= 4 is 11.6 Å².